The van der Waals surface area contributed by atoms with E-state index in [9.17, 15) is 9.59 Å². The maximum atomic E-state index is 12.6. The lowest BCUT2D eigenvalue weighted by Crippen LogP contribution is -2.36. The zero-order valence-corrected chi connectivity index (χ0v) is 13.2. The number of aryl methyl sites for hydroxylation is 2. The molecular formula is C16H16N2O3S. The number of aromatic nitrogens is 1. The van der Waals surface area contributed by atoms with E-state index in [1.165, 1.54) is 11.3 Å². The molecule has 1 aromatic heterocycles. The van der Waals surface area contributed by atoms with Crippen molar-refractivity contribution in [2.75, 3.05) is 6.54 Å². The molecule has 3 rings (SSSR count). The van der Waals surface area contributed by atoms with E-state index < -0.39 is 5.97 Å². The predicted molar refractivity (Wildman–Crippen MR) is 83.4 cm³/mol. The molecule has 0 aliphatic carbocycles. The summed E-state index contributed by atoms with van der Waals surface area (Å²) in [5, 5.41) is 9.97. The van der Waals surface area contributed by atoms with E-state index in [1.807, 2.05) is 19.9 Å². The Hall–Kier alpha value is -2.21. The van der Waals surface area contributed by atoms with Crippen molar-refractivity contribution >= 4 is 23.2 Å². The Morgan fingerprint density at radius 3 is 2.68 bits per heavy atom. The number of amides is 1. The van der Waals surface area contributed by atoms with Crippen LogP contribution in [0.3, 0.4) is 0 Å². The Morgan fingerprint density at radius 1 is 1.27 bits per heavy atom. The van der Waals surface area contributed by atoms with Crippen LogP contribution in [0.1, 0.15) is 41.9 Å². The first-order valence-corrected chi connectivity index (χ1v) is 7.86. The second kappa shape index (κ2) is 5.53. The first-order chi connectivity index (χ1) is 10.5. The largest absolute Gasteiger partial charge is 0.478 e. The summed E-state index contributed by atoms with van der Waals surface area (Å²) in [6, 6.07) is 5.13. The Labute approximate surface area is 132 Å². The van der Waals surface area contributed by atoms with Crippen LogP contribution in [0.4, 0.5) is 0 Å². The molecule has 0 spiro atoms. The van der Waals surface area contributed by atoms with E-state index in [4.69, 9.17) is 5.11 Å². The van der Waals surface area contributed by atoms with Crippen molar-refractivity contribution in [1.82, 2.24) is 9.88 Å². The van der Waals surface area contributed by atoms with Gasteiger partial charge in [0.2, 0.25) is 0 Å². The van der Waals surface area contributed by atoms with Gasteiger partial charge in [-0.05, 0) is 43.5 Å². The highest BCUT2D eigenvalue weighted by atomic mass is 32.1. The van der Waals surface area contributed by atoms with Crippen molar-refractivity contribution in [3.8, 4) is 0 Å². The van der Waals surface area contributed by atoms with E-state index in [2.05, 4.69) is 4.98 Å². The van der Waals surface area contributed by atoms with E-state index >= 15 is 0 Å². The molecule has 0 atom stereocenters. The zero-order chi connectivity index (χ0) is 15.9. The Bertz CT molecular complexity index is 767. The minimum absolute atomic E-state index is 0.0757. The van der Waals surface area contributed by atoms with Crippen molar-refractivity contribution in [3.05, 3.63) is 50.5 Å². The molecule has 0 radical (unpaired) electrons. The number of hydrogen-bond donors (Lipinski definition) is 1. The molecule has 0 unspecified atom stereocenters. The van der Waals surface area contributed by atoms with Crippen molar-refractivity contribution in [1.29, 1.82) is 0 Å². The maximum absolute atomic E-state index is 12.6. The third-order valence-electron chi connectivity index (χ3n) is 3.86. The summed E-state index contributed by atoms with van der Waals surface area (Å²) in [7, 11) is 0. The summed E-state index contributed by atoms with van der Waals surface area (Å²) in [5.41, 5.74) is 2.79. The van der Waals surface area contributed by atoms with E-state index in [1.54, 1.807) is 17.0 Å². The average molecular weight is 316 g/mol. The standard InChI is InChI=1S/C16H16N2O3S/c1-9-14(17-10(2)22-9)15(19)18-6-5-11-3-4-12(16(20)21)7-13(11)8-18/h3-4,7H,5-6,8H2,1-2H3,(H,20,21). The molecule has 0 saturated carbocycles. The monoisotopic (exact) mass is 316 g/mol. The van der Waals surface area contributed by atoms with Crippen LogP contribution in [-0.4, -0.2) is 33.4 Å². The topological polar surface area (TPSA) is 70.5 Å². The van der Waals surface area contributed by atoms with Crippen LogP contribution < -0.4 is 0 Å². The molecule has 0 bridgehead atoms. The summed E-state index contributed by atoms with van der Waals surface area (Å²) >= 11 is 1.52. The van der Waals surface area contributed by atoms with Crippen LogP contribution in [0.25, 0.3) is 0 Å². The molecule has 114 valence electrons. The van der Waals surface area contributed by atoms with Gasteiger partial charge in [0.15, 0.2) is 0 Å². The van der Waals surface area contributed by atoms with Gasteiger partial charge in [-0.15, -0.1) is 11.3 Å². The minimum atomic E-state index is -0.947. The number of thiazole rings is 1. The van der Waals surface area contributed by atoms with Gasteiger partial charge in [0.25, 0.3) is 5.91 Å². The molecule has 2 heterocycles. The Kier molecular flexibility index (Phi) is 3.70. The number of nitrogens with zero attached hydrogens (tertiary/aromatic N) is 2. The molecule has 2 aromatic rings. The van der Waals surface area contributed by atoms with E-state index in [0.717, 1.165) is 27.4 Å². The van der Waals surface area contributed by atoms with Gasteiger partial charge < -0.3 is 10.0 Å². The first kappa shape index (κ1) is 14.7. The number of carbonyl (C=O) groups excluding carboxylic acids is 1. The van der Waals surface area contributed by atoms with E-state index in [-0.39, 0.29) is 11.5 Å². The Balaban J connectivity index is 1.87. The minimum Gasteiger partial charge on any atom is -0.478 e. The molecule has 6 heteroatoms. The van der Waals surface area contributed by atoms with Gasteiger partial charge in [-0.1, -0.05) is 6.07 Å². The van der Waals surface area contributed by atoms with Gasteiger partial charge >= 0.3 is 5.97 Å². The number of carboxylic acids is 1. The molecule has 0 saturated heterocycles. The normalized spacial score (nSPS) is 13.8. The number of aromatic carboxylic acids is 1. The SMILES string of the molecule is Cc1nc(C(=O)N2CCc3ccc(C(=O)O)cc3C2)c(C)s1. The van der Waals surface area contributed by atoms with Gasteiger partial charge in [-0.25, -0.2) is 9.78 Å². The lowest BCUT2D eigenvalue weighted by molar-refractivity contribution is 0.0696. The first-order valence-electron chi connectivity index (χ1n) is 7.04. The fourth-order valence-electron chi connectivity index (χ4n) is 2.74. The van der Waals surface area contributed by atoms with Crippen LogP contribution >= 0.6 is 11.3 Å². The van der Waals surface area contributed by atoms with Gasteiger partial charge in [-0.3, -0.25) is 4.79 Å². The number of fused-ring (bicyclic) bond motifs is 1. The van der Waals surface area contributed by atoms with Crippen LogP contribution in [0.5, 0.6) is 0 Å². The second-order valence-electron chi connectivity index (χ2n) is 5.40. The number of carbonyl (C=O) groups is 2. The predicted octanol–water partition coefficient (Wildman–Crippen LogP) is 2.66. The molecule has 1 aliphatic heterocycles. The second-order valence-corrected chi connectivity index (χ2v) is 6.81. The van der Waals surface area contributed by atoms with Crippen molar-refractivity contribution in [3.63, 3.8) is 0 Å². The molecule has 1 amide bonds. The van der Waals surface area contributed by atoms with Crippen LogP contribution in [0.15, 0.2) is 18.2 Å². The average Bonchev–Trinajstić information content (AvgIpc) is 2.84. The summed E-state index contributed by atoms with van der Waals surface area (Å²) in [4.78, 5) is 30.7. The smallest absolute Gasteiger partial charge is 0.335 e. The van der Waals surface area contributed by atoms with Gasteiger partial charge in [0, 0.05) is 18.0 Å². The van der Waals surface area contributed by atoms with Gasteiger partial charge in [-0.2, -0.15) is 0 Å². The molecular weight excluding hydrogens is 300 g/mol. The molecule has 1 aromatic carbocycles. The summed E-state index contributed by atoms with van der Waals surface area (Å²) < 4.78 is 0. The third-order valence-corrected chi connectivity index (χ3v) is 4.75. The number of hydrogen-bond acceptors (Lipinski definition) is 4. The highest BCUT2D eigenvalue weighted by Gasteiger charge is 2.25. The highest BCUT2D eigenvalue weighted by Crippen LogP contribution is 2.24. The van der Waals surface area contributed by atoms with E-state index in [0.29, 0.717) is 18.8 Å². The fourth-order valence-corrected chi connectivity index (χ4v) is 3.55. The number of carboxylic acid groups (broad SMARTS) is 1. The summed E-state index contributed by atoms with van der Waals surface area (Å²) in [5.74, 6) is -1.02. The summed E-state index contributed by atoms with van der Waals surface area (Å²) in [6.07, 6.45) is 0.739. The van der Waals surface area contributed by atoms with Crippen molar-refractivity contribution in [2.24, 2.45) is 0 Å². The van der Waals surface area contributed by atoms with Crippen LogP contribution in [-0.2, 0) is 13.0 Å². The number of rotatable bonds is 2. The summed E-state index contributed by atoms with van der Waals surface area (Å²) in [6.45, 7) is 4.86. The molecule has 22 heavy (non-hydrogen) atoms. The van der Waals surface area contributed by atoms with Crippen LogP contribution in [0.2, 0.25) is 0 Å². The Morgan fingerprint density at radius 2 is 2.05 bits per heavy atom. The third kappa shape index (κ3) is 2.62. The fraction of sp³-hybridized carbons (Fsp3) is 0.312. The zero-order valence-electron chi connectivity index (χ0n) is 12.4. The lowest BCUT2D eigenvalue weighted by Gasteiger charge is -2.28. The maximum Gasteiger partial charge on any atom is 0.335 e. The molecule has 1 N–H and O–H groups in total. The molecule has 1 aliphatic rings. The number of benzene rings is 1. The quantitative estimate of drug-likeness (QED) is 0.924. The van der Waals surface area contributed by atoms with Crippen molar-refractivity contribution < 1.29 is 14.7 Å². The van der Waals surface area contributed by atoms with Gasteiger partial charge in [0.1, 0.15) is 5.69 Å². The highest BCUT2D eigenvalue weighted by molar-refractivity contribution is 7.11. The molecule has 5 nitrogen and oxygen atoms in total. The van der Waals surface area contributed by atoms with Crippen LogP contribution in [0, 0.1) is 13.8 Å². The van der Waals surface area contributed by atoms with Gasteiger partial charge in [0.05, 0.1) is 10.6 Å². The van der Waals surface area contributed by atoms with Crippen molar-refractivity contribution in [2.45, 2.75) is 26.8 Å². The lowest BCUT2D eigenvalue weighted by atomic mass is 9.97. The molecule has 0 fully saturated rings.